The number of carbonyl (C=O) groups excluding carboxylic acids is 1. The second kappa shape index (κ2) is 9.77. The summed E-state index contributed by atoms with van der Waals surface area (Å²) in [5.74, 6) is -2.02. The lowest BCUT2D eigenvalue weighted by Crippen LogP contribution is -2.49. The molecule has 168 valence electrons. The van der Waals surface area contributed by atoms with Crippen LogP contribution in [0.1, 0.15) is 29.9 Å². The smallest absolute Gasteiger partial charge is 0.469 e. The van der Waals surface area contributed by atoms with Crippen LogP contribution in [0.15, 0.2) is 53.5 Å². The molecule has 0 fully saturated rings. The molecular weight excluding hydrogens is 418 g/mol. The molecule has 11 nitrogen and oxygen atoms in total. The van der Waals surface area contributed by atoms with Crippen LogP contribution in [0, 0.1) is 10.1 Å². The summed E-state index contributed by atoms with van der Waals surface area (Å²) in [6.45, 7) is -0.0973. The van der Waals surface area contributed by atoms with Crippen molar-refractivity contribution in [2.75, 3.05) is 13.2 Å². The Balaban J connectivity index is 1.74. The van der Waals surface area contributed by atoms with E-state index in [1.165, 1.54) is 0 Å². The van der Waals surface area contributed by atoms with Gasteiger partial charge in [-0.15, -0.1) is 0 Å². The van der Waals surface area contributed by atoms with E-state index < -0.39 is 23.1 Å². The minimum absolute atomic E-state index is 0.00457. The number of rotatable bonds is 9. The summed E-state index contributed by atoms with van der Waals surface area (Å²) in [6, 6.07) is 13.5. The largest absolute Gasteiger partial charge is 0.480 e. The number of guanidine groups is 1. The standard InChI is InChI=1S/C21H23N5O6/c22-20(23)24-11-5-10-18(19(27)28)25(26(30)31)21(29)32-12-17-15-8-3-1-6-13(15)14-7-2-4-9-16(14)17/h1-4,6-9,17-18H,5,10-12H2,(H,27,28)(H4,22,23,24)/t18-/m0/s1. The van der Waals surface area contributed by atoms with Crippen LogP contribution in [0.4, 0.5) is 4.79 Å². The second-order valence-electron chi connectivity index (χ2n) is 7.19. The van der Waals surface area contributed by atoms with Crippen molar-refractivity contribution in [1.29, 1.82) is 0 Å². The third-order valence-electron chi connectivity index (χ3n) is 5.21. The molecule has 2 aromatic rings. The van der Waals surface area contributed by atoms with Gasteiger partial charge in [0.25, 0.3) is 0 Å². The first kappa shape index (κ1) is 22.5. The highest BCUT2D eigenvalue weighted by Crippen LogP contribution is 2.44. The van der Waals surface area contributed by atoms with Crippen LogP contribution in [0.25, 0.3) is 11.1 Å². The van der Waals surface area contributed by atoms with Gasteiger partial charge in [0.2, 0.25) is 0 Å². The molecule has 0 saturated carbocycles. The molecule has 1 aliphatic rings. The first-order valence-electron chi connectivity index (χ1n) is 9.88. The minimum Gasteiger partial charge on any atom is -0.480 e. The van der Waals surface area contributed by atoms with Crippen LogP contribution in [-0.2, 0) is 9.53 Å². The number of fused-ring (bicyclic) bond motifs is 3. The van der Waals surface area contributed by atoms with Crippen molar-refractivity contribution in [2.24, 2.45) is 16.5 Å². The number of aliphatic imine (C=N–C) groups is 1. The van der Waals surface area contributed by atoms with Crippen LogP contribution in [0.5, 0.6) is 0 Å². The van der Waals surface area contributed by atoms with Gasteiger partial charge in [-0.1, -0.05) is 48.5 Å². The molecule has 0 radical (unpaired) electrons. The predicted octanol–water partition coefficient (Wildman–Crippen LogP) is 1.94. The monoisotopic (exact) mass is 441 g/mol. The molecule has 5 N–H and O–H groups in total. The molecule has 2 aromatic carbocycles. The molecule has 0 aliphatic heterocycles. The van der Waals surface area contributed by atoms with Crippen molar-refractivity contribution in [2.45, 2.75) is 24.8 Å². The van der Waals surface area contributed by atoms with Gasteiger partial charge >= 0.3 is 12.1 Å². The predicted molar refractivity (Wildman–Crippen MR) is 115 cm³/mol. The zero-order chi connectivity index (χ0) is 23.3. The molecule has 11 heteroatoms. The number of benzene rings is 2. The van der Waals surface area contributed by atoms with Crippen molar-refractivity contribution < 1.29 is 24.5 Å². The molecule has 0 unspecified atom stereocenters. The Morgan fingerprint density at radius 3 is 2.19 bits per heavy atom. The number of ether oxygens (including phenoxy) is 1. The van der Waals surface area contributed by atoms with E-state index in [1.807, 2.05) is 48.5 Å². The summed E-state index contributed by atoms with van der Waals surface area (Å²) < 4.78 is 5.25. The van der Waals surface area contributed by atoms with Gasteiger partial charge in [0, 0.05) is 12.5 Å². The number of hydrazine groups is 1. The van der Waals surface area contributed by atoms with Gasteiger partial charge in [-0.2, -0.15) is 0 Å². The summed E-state index contributed by atoms with van der Waals surface area (Å²) in [5.41, 5.74) is 14.3. The molecule has 0 spiro atoms. The van der Waals surface area contributed by atoms with E-state index in [0.717, 1.165) is 22.3 Å². The average Bonchev–Trinajstić information content (AvgIpc) is 3.07. The van der Waals surface area contributed by atoms with Crippen LogP contribution < -0.4 is 11.5 Å². The van der Waals surface area contributed by atoms with Crippen molar-refractivity contribution in [1.82, 2.24) is 5.01 Å². The first-order valence-corrected chi connectivity index (χ1v) is 9.88. The summed E-state index contributed by atoms with van der Waals surface area (Å²) in [6.07, 6.45) is -1.45. The molecule has 0 bridgehead atoms. The molecule has 32 heavy (non-hydrogen) atoms. The number of nitrogens with two attached hydrogens (primary N) is 2. The van der Waals surface area contributed by atoms with E-state index in [9.17, 15) is 24.8 Å². The number of nitrogens with zero attached hydrogens (tertiary/aromatic N) is 3. The van der Waals surface area contributed by atoms with Crippen LogP contribution in [-0.4, -0.2) is 52.4 Å². The number of hydrogen-bond donors (Lipinski definition) is 3. The Morgan fingerprint density at radius 2 is 1.69 bits per heavy atom. The van der Waals surface area contributed by atoms with E-state index in [-0.39, 0.29) is 42.9 Å². The average molecular weight is 441 g/mol. The molecular formula is C21H23N5O6. The highest BCUT2D eigenvalue weighted by atomic mass is 16.7. The van der Waals surface area contributed by atoms with Gasteiger partial charge in [0.15, 0.2) is 17.0 Å². The number of carbonyl (C=O) groups is 2. The number of nitro groups is 1. The van der Waals surface area contributed by atoms with Gasteiger partial charge in [-0.05, 0) is 40.1 Å². The fourth-order valence-electron chi connectivity index (χ4n) is 3.81. The topological polar surface area (TPSA) is 174 Å². The second-order valence-corrected chi connectivity index (χ2v) is 7.19. The van der Waals surface area contributed by atoms with E-state index in [1.54, 1.807) is 0 Å². The fraction of sp³-hybridized carbons (Fsp3) is 0.286. The van der Waals surface area contributed by atoms with Crippen molar-refractivity contribution in [3.63, 3.8) is 0 Å². The summed E-state index contributed by atoms with van der Waals surface area (Å²) in [4.78, 5) is 39.4. The fourth-order valence-corrected chi connectivity index (χ4v) is 3.81. The lowest BCUT2D eigenvalue weighted by Gasteiger charge is -2.20. The Morgan fingerprint density at radius 1 is 1.12 bits per heavy atom. The third kappa shape index (κ3) is 4.77. The summed E-state index contributed by atoms with van der Waals surface area (Å²) >= 11 is 0. The van der Waals surface area contributed by atoms with Gasteiger partial charge in [0.1, 0.15) is 6.61 Å². The highest BCUT2D eigenvalue weighted by molar-refractivity contribution is 5.80. The molecule has 3 rings (SSSR count). The van der Waals surface area contributed by atoms with Crippen LogP contribution in [0.2, 0.25) is 0 Å². The molecule has 1 amide bonds. The lowest BCUT2D eigenvalue weighted by molar-refractivity contribution is -0.641. The van der Waals surface area contributed by atoms with E-state index in [2.05, 4.69) is 4.99 Å². The maximum absolute atomic E-state index is 12.6. The molecule has 0 aromatic heterocycles. The normalized spacial score (nSPS) is 12.9. The van der Waals surface area contributed by atoms with Crippen molar-refractivity contribution in [3.05, 3.63) is 69.8 Å². The Labute approximate surface area is 183 Å². The highest BCUT2D eigenvalue weighted by Gasteiger charge is 2.41. The quantitative estimate of drug-likeness (QED) is 0.174. The van der Waals surface area contributed by atoms with E-state index in [0.29, 0.717) is 0 Å². The van der Waals surface area contributed by atoms with E-state index >= 15 is 0 Å². The van der Waals surface area contributed by atoms with E-state index in [4.69, 9.17) is 16.2 Å². The first-order chi connectivity index (χ1) is 15.3. The SMILES string of the molecule is NC(N)=NCCC[C@@H](C(=O)O)N(C(=O)OCC1c2ccccc2-c2ccccc21)[N+](=O)[O-]. The number of carboxylic acid groups (broad SMARTS) is 1. The molecule has 1 aliphatic carbocycles. The minimum atomic E-state index is -1.73. The lowest BCUT2D eigenvalue weighted by atomic mass is 9.98. The van der Waals surface area contributed by atoms with Crippen molar-refractivity contribution >= 4 is 18.0 Å². The molecule has 1 atom stereocenters. The number of aliphatic carboxylic acids is 1. The van der Waals surface area contributed by atoms with Crippen LogP contribution in [0.3, 0.4) is 0 Å². The van der Waals surface area contributed by atoms with Gasteiger partial charge in [-0.25, -0.2) is 19.7 Å². The van der Waals surface area contributed by atoms with Crippen molar-refractivity contribution in [3.8, 4) is 11.1 Å². The third-order valence-corrected chi connectivity index (χ3v) is 5.21. The number of hydrogen-bond acceptors (Lipinski definition) is 6. The zero-order valence-corrected chi connectivity index (χ0v) is 17.1. The zero-order valence-electron chi connectivity index (χ0n) is 17.1. The Hall–Kier alpha value is -4.15. The Kier molecular flexibility index (Phi) is 6.88. The number of carboxylic acids is 1. The maximum atomic E-state index is 12.6. The Bertz CT molecular complexity index is 1010. The number of amides is 1. The maximum Gasteiger partial charge on any atom is 0.469 e. The van der Waals surface area contributed by atoms with Gasteiger partial charge in [0.05, 0.1) is 0 Å². The van der Waals surface area contributed by atoms with Crippen LogP contribution >= 0.6 is 0 Å². The summed E-state index contributed by atoms with van der Waals surface area (Å²) in [7, 11) is 0. The molecule has 0 saturated heterocycles. The summed E-state index contributed by atoms with van der Waals surface area (Å²) in [5, 5.41) is 19.9. The van der Waals surface area contributed by atoms with Gasteiger partial charge in [-0.3, -0.25) is 4.99 Å². The van der Waals surface area contributed by atoms with Gasteiger partial charge < -0.3 is 21.3 Å². The molecule has 0 heterocycles.